The number of nitrogens with one attached hydrogen (secondary N) is 1. The number of halogens is 3. The molecule has 10 heteroatoms. The Bertz CT molecular complexity index is 1170. The van der Waals surface area contributed by atoms with E-state index in [9.17, 15) is 14.4 Å². The van der Waals surface area contributed by atoms with Gasteiger partial charge in [-0.1, -0.05) is 58.1 Å². The fraction of sp³-hybridized carbons (Fsp3) is 0.621. The second-order valence-electron chi connectivity index (χ2n) is 11.6. The summed E-state index contributed by atoms with van der Waals surface area (Å²) < 4.78 is 55.9. The van der Waals surface area contributed by atoms with Gasteiger partial charge < -0.3 is 19.7 Å². The summed E-state index contributed by atoms with van der Waals surface area (Å²) in [5.74, 6) is -2.13. The number of carbonyl (C=O) groups is 3. The summed E-state index contributed by atoms with van der Waals surface area (Å²) in [4.78, 5) is 41.3. The molecule has 1 atom stereocenters. The second-order valence-corrected chi connectivity index (χ2v) is 11.6. The van der Waals surface area contributed by atoms with Crippen LogP contribution in [-0.4, -0.2) is 48.4 Å². The van der Waals surface area contributed by atoms with Gasteiger partial charge in [0, 0.05) is 24.1 Å². The third kappa shape index (κ3) is 5.39. The maximum absolute atomic E-state index is 15.0. The smallest absolute Gasteiger partial charge is 0.425 e. The number of hydrogen-bond acceptors (Lipinski definition) is 5. The lowest BCUT2D eigenvalue weighted by atomic mass is 9.72. The molecule has 7 nitrogen and oxygen atoms in total. The van der Waals surface area contributed by atoms with Gasteiger partial charge in [0.05, 0.1) is 26.3 Å². The lowest BCUT2D eigenvalue weighted by Gasteiger charge is -2.35. The van der Waals surface area contributed by atoms with Crippen molar-refractivity contribution in [2.75, 3.05) is 14.2 Å². The van der Waals surface area contributed by atoms with Gasteiger partial charge in [-0.3, -0.25) is 14.4 Å². The van der Waals surface area contributed by atoms with Crippen molar-refractivity contribution in [1.82, 2.24) is 10.2 Å². The van der Waals surface area contributed by atoms with Crippen LogP contribution in [0, 0.1) is 11.3 Å². The minimum Gasteiger partial charge on any atom is -0.493 e. The van der Waals surface area contributed by atoms with Crippen LogP contribution in [0.2, 0.25) is 0 Å². The van der Waals surface area contributed by atoms with Gasteiger partial charge in [-0.15, -0.1) is 0 Å². The van der Waals surface area contributed by atoms with Crippen LogP contribution in [0.15, 0.2) is 29.5 Å². The number of Topliss-reactive ketones (excluding diaryl/α,β-unsaturated/α-hetero) is 1. The van der Waals surface area contributed by atoms with Crippen molar-refractivity contribution in [1.29, 1.82) is 0 Å². The van der Waals surface area contributed by atoms with Gasteiger partial charge >= 0.3 is 6.18 Å². The molecule has 0 bridgehead atoms. The molecule has 0 aromatic heterocycles. The molecule has 214 valence electrons. The van der Waals surface area contributed by atoms with Crippen LogP contribution in [0.3, 0.4) is 0 Å². The number of ether oxygens (including phenoxy) is 2. The minimum atomic E-state index is -5.23. The Morgan fingerprint density at radius 3 is 2.38 bits per heavy atom. The predicted molar refractivity (Wildman–Crippen MR) is 138 cm³/mol. The zero-order chi connectivity index (χ0) is 28.6. The van der Waals surface area contributed by atoms with E-state index in [1.807, 2.05) is 0 Å². The summed E-state index contributed by atoms with van der Waals surface area (Å²) in [6, 6.07) is 4.91. The minimum absolute atomic E-state index is 0.00368. The Hall–Kier alpha value is -3.04. The van der Waals surface area contributed by atoms with Crippen molar-refractivity contribution in [3.05, 3.63) is 35.0 Å². The zero-order valence-electron chi connectivity index (χ0n) is 23.0. The fourth-order valence-corrected chi connectivity index (χ4v) is 6.32. The largest absolute Gasteiger partial charge is 0.493 e. The van der Waals surface area contributed by atoms with E-state index < -0.39 is 40.3 Å². The quantitative estimate of drug-likeness (QED) is 0.464. The maximum Gasteiger partial charge on any atom is 0.425 e. The molecule has 1 fully saturated rings. The maximum atomic E-state index is 15.0. The standard InChI is InChI=1S/C29H37F3N2O5/c1-27(2)15-20-24(21(35)16-27)28(29(30,31)32,33-23(36)14-13-18-9-6-5-7-10-18)26(37)34(20)17-19-11-8-12-22(38-3)25(19)39-4/h8,11-12,18H,5-7,9-10,13-17H2,1-4H3,(H,33,36). The number of methoxy groups -OCH3 is 2. The summed E-state index contributed by atoms with van der Waals surface area (Å²) in [7, 11) is 2.83. The third-order valence-corrected chi connectivity index (χ3v) is 8.19. The van der Waals surface area contributed by atoms with Gasteiger partial charge in [-0.25, -0.2) is 0 Å². The topological polar surface area (TPSA) is 84.9 Å². The summed E-state index contributed by atoms with van der Waals surface area (Å²) in [6.07, 6.45) is 0.0832. The number of nitrogens with zero attached hydrogens (tertiary/aromatic N) is 1. The Morgan fingerprint density at radius 2 is 1.77 bits per heavy atom. The first-order valence-electron chi connectivity index (χ1n) is 13.5. The van der Waals surface area contributed by atoms with Crippen molar-refractivity contribution in [3.63, 3.8) is 0 Å². The van der Waals surface area contributed by atoms with Gasteiger partial charge in [-0.05, 0) is 30.2 Å². The van der Waals surface area contributed by atoms with Gasteiger partial charge in [0.1, 0.15) is 0 Å². The number of rotatable bonds is 8. The predicted octanol–water partition coefficient (Wildman–Crippen LogP) is 5.47. The van der Waals surface area contributed by atoms with E-state index in [2.05, 4.69) is 5.32 Å². The number of para-hydroxylation sites is 1. The first-order valence-corrected chi connectivity index (χ1v) is 13.5. The lowest BCUT2D eigenvalue weighted by Crippen LogP contribution is -2.66. The van der Waals surface area contributed by atoms with Crippen LogP contribution in [0.1, 0.15) is 77.2 Å². The van der Waals surface area contributed by atoms with Crippen molar-refractivity contribution in [3.8, 4) is 11.5 Å². The average Bonchev–Trinajstić information content (AvgIpc) is 3.10. The highest BCUT2D eigenvalue weighted by Crippen LogP contribution is 2.52. The molecular formula is C29H37F3N2O5. The van der Waals surface area contributed by atoms with E-state index in [0.717, 1.165) is 37.0 Å². The van der Waals surface area contributed by atoms with E-state index in [1.165, 1.54) is 14.2 Å². The molecule has 0 radical (unpaired) electrons. The third-order valence-electron chi connectivity index (χ3n) is 8.19. The van der Waals surface area contributed by atoms with Crippen LogP contribution >= 0.6 is 0 Å². The molecule has 4 rings (SSSR count). The normalized spacial score (nSPS) is 23.6. The Kier molecular flexibility index (Phi) is 8.06. The summed E-state index contributed by atoms with van der Waals surface area (Å²) in [5.41, 5.74) is -4.34. The number of hydrogen-bond donors (Lipinski definition) is 1. The molecule has 2 amide bonds. The van der Waals surface area contributed by atoms with Gasteiger partial charge in [0.2, 0.25) is 11.4 Å². The first kappa shape index (κ1) is 29.0. The molecule has 3 aliphatic rings. The average molecular weight is 551 g/mol. The molecular weight excluding hydrogens is 513 g/mol. The zero-order valence-corrected chi connectivity index (χ0v) is 23.0. The van der Waals surface area contributed by atoms with Crippen LogP contribution < -0.4 is 14.8 Å². The molecule has 0 saturated heterocycles. The SMILES string of the molecule is COc1cccc(CN2C(=O)C(NC(=O)CCC3CCCCC3)(C(F)(F)F)C3=C2CC(C)(C)CC3=O)c1OC. The molecule has 2 aliphatic carbocycles. The number of amides is 2. The van der Waals surface area contributed by atoms with Gasteiger partial charge in [0.15, 0.2) is 17.3 Å². The molecule has 1 aromatic carbocycles. The Labute approximate surface area is 227 Å². The highest BCUT2D eigenvalue weighted by molar-refractivity contribution is 6.13. The van der Waals surface area contributed by atoms with Crippen molar-refractivity contribution in [2.24, 2.45) is 11.3 Å². The van der Waals surface area contributed by atoms with E-state index in [1.54, 1.807) is 32.0 Å². The second kappa shape index (κ2) is 10.8. The van der Waals surface area contributed by atoms with Crippen LogP contribution in [0.5, 0.6) is 11.5 Å². The highest BCUT2D eigenvalue weighted by atomic mass is 19.4. The van der Waals surface area contributed by atoms with Gasteiger partial charge in [-0.2, -0.15) is 13.2 Å². The molecule has 39 heavy (non-hydrogen) atoms. The van der Waals surface area contributed by atoms with E-state index in [4.69, 9.17) is 9.47 Å². The van der Waals surface area contributed by atoms with E-state index >= 15 is 13.2 Å². The molecule has 1 aliphatic heterocycles. The Morgan fingerprint density at radius 1 is 1.08 bits per heavy atom. The monoisotopic (exact) mass is 550 g/mol. The fourth-order valence-electron chi connectivity index (χ4n) is 6.32. The van der Waals surface area contributed by atoms with Gasteiger partial charge in [0.25, 0.3) is 5.91 Å². The van der Waals surface area contributed by atoms with Crippen LogP contribution in [0.25, 0.3) is 0 Å². The van der Waals surface area contributed by atoms with E-state index in [-0.39, 0.29) is 43.2 Å². The number of carbonyl (C=O) groups excluding carboxylic acids is 3. The Balaban J connectivity index is 1.75. The molecule has 1 aromatic rings. The number of benzene rings is 1. The summed E-state index contributed by atoms with van der Waals surface area (Å²) in [6.45, 7) is 3.27. The summed E-state index contributed by atoms with van der Waals surface area (Å²) in [5, 5.41) is 2.06. The first-order chi connectivity index (χ1) is 18.3. The lowest BCUT2D eigenvalue weighted by molar-refractivity contribution is -0.194. The molecule has 1 N–H and O–H groups in total. The van der Waals surface area contributed by atoms with Crippen molar-refractivity contribution < 1.29 is 37.0 Å². The van der Waals surface area contributed by atoms with Crippen molar-refractivity contribution >= 4 is 17.6 Å². The molecule has 1 saturated carbocycles. The van der Waals surface area contributed by atoms with Crippen LogP contribution in [0.4, 0.5) is 13.2 Å². The highest BCUT2D eigenvalue weighted by Gasteiger charge is 2.71. The van der Waals surface area contributed by atoms with Crippen LogP contribution in [-0.2, 0) is 20.9 Å². The number of allylic oxidation sites excluding steroid dienone is 1. The molecule has 1 unspecified atom stereocenters. The molecule has 1 heterocycles. The van der Waals surface area contributed by atoms with E-state index in [0.29, 0.717) is 17.7 Å². The summed E-state index contributed by atoms with van der Waals surface area (Å²) >= 11 is 0. The number of alkyl halides is 3. The van der Waals surface area contributed by atoms with Crippen molar-refractivity contribution in [2.45, 2.75) is 89.9 Å². The molecule has 0 spiro atoms. The number of ketones is 1.